The minimum Gasteiger partial charge on any atom is -0.491 e. The monoisotopic (exact) mass is 478 g/mol. The third-order valence-corrected chi connectivity index (χ3v) is 7.70. The van der Waals surface area contributed by atoms with Crippen molar-refractivity contribution in [1.82, 2.24) is 10.6 Å². The number of fused-ring (bicyclic) bond motifs is 1. The summed E-state index contributed by atoms with van der Waals surface area (Å²) in [5, 5.41) is 16.6. The number of carbonyl (C=O) groups excluding carboxylic acids is 1. The molecule has 2 aliphatic carbocycles. The number of aliphatic hydroxyl groups is 1. The summed E-state index contributed by atoms with van der Waals surface area (Å²) in [4.78, 5) is 12.8. The lowest BCUT2D eigenvalue weighted by atomic mass is 9.87. The maximum Gasteiger partial charge on any atom is 0.251 e. The molecule has 0 unspecified atom stereocenters. The molecular formula is C29H38N2O4. The van der Waals surface area contributed by atoms with Crippen molar-refractivity contribution >= 4 is 5.91 Å². The first-order chi connectivity index (χ1) is 17.1. The second kappa shape index (κ2) is 11.5. The zero-order valence-corrected chi connectivity index (χ0v) is 20.5. The Hall–Kier alpha value is -2.41. The molecule has 0 radical (unpaired) electrons. The van der Waals surface area contributed by atoms with Gasteiger partial charge >= 0.3 is 0 Å². The van der Waals surface area contributed by atoms with Crippen molar-refractivity contribution in [2.24, 2.45) is 0 Å². The zero-order chi connectivity index (χ0) is 24.0. The van der Waals surface area contributed by atoms with Gasteiger partial charge in [-0.15, -0.1) is 0 Å². The van der Waals surface area contributed by atoms with Crippen molar-refractivity contribution in [2.75, 3.05) is 13.2 Å². The van der Waals surface area contributed by atoms with Crippen molar-refractivity contribution in [3.63, 3.8) is 0 Å². The Labute approximate surface area is 208 Å². The van der Waals surface area contributed by atoms with Gasteiger partial charge in [-0.2, -0.15) is 0 Å². The van der Waals surface area contributed by atoms with Crippen molar-refractivity contribution < 1.29 is 19.4 Å². The minimum atomic E-state index is -0.111. The maximum atomic E-state index is 12.8. The van der Waals surface area contributed by atoms with Crippen LogP contribution in [0.5, 0.6) is 5.75 Å². The normalized spacial score (nSPS) is 26.2. The molecule has 1 amide bonds. The molecule has 1 aliphatic heterocycles. The maximum absolute atomic E-state index is 12.8. The Bertz CT molecular complexity index is 979. The van der Waals surface area contributed by atoms with Crippen LogP contribution in [0.25, 0.3) is 0 Å². The molecular weight excluding hydrogens is 440 g/mol. The molecule has 1 saturated heterocycles. The summed E-state index contributed by atoms with van der Waals surface area (Å²) in [6.07, 6.45) is 8.96. The molecule has 6 heteroatoms. The number of rotatable bonds is 8. The van der Waals surface area contributed by atoms with Crippen LogP contribution in [-0.4, -0.2) is 48.5 Å². The standard InChI is InChI=1S/C29H38N2O4/c32-26-11-9-24(10-12-26)30-18-20-3-4-23-17-25(8-5-22(23)16-20)31-29(33)21-6-13-27(14-7-21)35-19-28-2-1-15-34-28/h3-4,6-7,13-14,16,24-26,28,30,32H,1-2,5,8-12,15,17-19H2,(H,31,33)/t24?,25-,26?,28-/m0/s1. The fraction of sp³-hybridized carbons (Fsp3) is 0.552. The van der Waals surface area contributed by atoms with Crippen LogP contribution >= 0.6 is 0 Å². The van der Waals surface area contributed by atoms with Crippen molar-refractivity contribution in [3.8, 4) is 5.75 Å². The third-order valence-electron chi connectivity index (χ3n) is 7.70. The SMILES string of the molecule is O=C(N[C@H]1CCc2cc(CNC3CCC(O)CC3)ccc2C1)c1ccc(OC[C@@H]2CCCO2)cc1. The fourth-order valence-corrected chi connectivity index (χ4v) is 5.52. The Morgan fingerprint density at radius 2 is 1.80 bits per heavy atom. The van der Waals surface area contributed by atoms with Crippen LogP contribution in [0.1, 0.15) is 72.0 Å². The van der Waals surface area contributed by atoms with E-state index in [1.165, 1.54) is 16.7 Å². The lowest BCUT2D eigenvalue weighted by Crippen LogP contribution is -2.39. The smallest absolute Gasteiger partial charge is 0.251 e. The summed E-state index contributed by atoms with van der Waals surface area (Å²) in [6.45, 7) is 2.27. The van der Waals surface area contributed by atoms with E-state index in [2.05, 4.69) is 28.8 Å². The Morgan fingerprint density at radius 3 is 2.57 bits per heavy atom. The molecule has 35 heavy (non-hydrogen) atoms. The largest absolute Gasteiger partial charge is 0.491 e. The van der Waals surface area contributed by atoms with Gasteiger partial charge in [0.2, 0.25) is 0 Å². The highest BCUT2D eigenvalue weighted by Gasteiger charge is 2.22. The number of aliphatic hydroxyl groups excluding tert-OH is 1. The summed E-state index contributed by atoms with van der Waals surface area (Å²) in [6, 6.07) is 14.8. The van der Waals surface area contributed by atoms with Gasteiger partial charge in [-0.1, -0.05) is 18.2 Å². The minimum absolute atomic E-state index is 0.0254. The second-order valence-electron chi connectivity index (χ2n) is 10.4. The first-order valence-corrected chi connectivity index (χ1v) is 13.3. The predicted octanol–water partition coefficient (Wildman–Crippen LogP) is 3.92. The topological polar surface area (TPSA) is 79.8 Å². The van der Waals surface area contributed by atoms with Crippen LogP contribution in [0, 0.1) is 0 Å². The van der Waals surface area contributed by atoms with Crippen molar-refractivity contribution in [2.45, 2.75) is 88.6 Å². The summed E-state index contributed by atoms with van der Waals surface area (Å²) in [7, 11) is 0. The number of ether oxygens (including phenoxy) is 2. The lowest BCUT2D eigenvalue weighted by molar-refractivity contribution is 0.0679. The summed E-state index contributed by atoms with van der Waals surface area (Å²) < 4.78 is 11.4. The first kappa shape index (κ1) is 24.3. The Kier molecular flexibility index (Phi) is 8.02. The van der Waals surface area contributed by atoms with E-state index < -0.39 is 0 Å². The van der Waals surface area contributed by atoms with E-state index in [4.69, 9.17) is 9.47 Å². The van der Waals surface area contributed by atoms with Gasteiger partial charge in [0.05, 0.1) is 12.2 Å². The van der Waals surface area contributed by atoms with Gasteiger partial charge in [-0.05, 0) is 98.7 Å². The molecule has 5 rings (SSSR count). The molecule has 3 N–H and O–H groups in total. The van der Waals surface area contributed by atoms with E-state index >= 15 is 0 Å². The van der Waals surface area contributed by atoms with Crippen LogP contribution in [-0.2, 0) is 24.1 Å². The van der Waals surface area contributed by atoms with Crippen LogP contribution in [0.4, 0.5) is 0 Å². The van der Waals surface area contributed by atoms with Crippen LogP contribution in [0.3, 0.4) is 0 Å². The Balaban J connectivity index is 1.09. The van der Waals surface area contributed by atoms with Crippen LogP contribution in [0.2, 0.25) is 0 Å². The van der Waals surface area contributed by atoms with E-state index in [0.29, 0.717) is 18.2 Å². The van der Waals surface area contributed by atoms with Crippen molar-refractivity contribution in [3.05, 3.63) is 64.7 Å². The van der Waals surface area contributed by atoms with Gasteiger partial charge in [-0.25, -0.2) is 0 Å². The number of amides is 1. The molecule has 0 spiro atoms. The number of hydrogen-bond donors (Lipinski definition) is 3. The highest BCUT2D eigenvalue weighted by molar-refractivity contribution is 5.94. The average molecular weight is 479 g/mol. The number of carbonyl (C=O) groups is 1. The number of benzene rings is 2. The summed E-state index contributed by atoms with van der Waals surface area (Å²) in [5.74, 6) is 0.748. The predicted molar refractivity (Wildman–Crippen MR) is 136 cm³/mol. The molecule has 188 valence electrons. The van der Waals surface area contributed by atoms with Gasteiger partial charge < -0.3 is 25.2 Å². The summed E-state index contributed by atoms with van der Waals surface area (Å²) in [5.41, 5.74) is 4.72. The molecule has 3 aliphatic rings. The van der Waals surface area contributed by atoms with E-state index in [0.717, 1.165) is 76.7 Å². The highest BCUT2D eigenvalue weighted by Crippen LogP contribution is 2.24. The summed E-state index contributed by atoms with van der Waals surface area (Å²) >= 11 is 0. The van der Waals surface area contributed by atoms with Crippen molar-refractivity contribution in [1.29, 1.82) is 0 Å². The van der Waals surface area contributed by atoms with Gasteiger partial charge in [0.1, 0.15) is 12.4 Å². The zero-order valence-electron chi connectivity index (χ0n) is 20.5. The fourth-order valence-electron chi connectivity index (χ4n) is 5.52. The molecule has 1 heterocycles. The molecule has 2 fully saturated rings. The molecule has 0 bridgehead atoms. The first-order valence-electron chi connectivity index (χ1n) is 13.3. The molecule has 1 saturated carbocycles. The van der Waals surface area contributed by atoms with Gasteiger partial charge in [0, 0.05) is 30.8 Å². The number of nitrogens with one attached hydrogen (secondary N) is 2. The van der Waals surface area contributed by atoms with E-state index in [1.807, 2.05) is 24.3 Å². The lowest BCUT2D eigenvalue weighted by Gasteiger charge is -2.27. The van der Waals surface area contributed by atoms with E-state index in [1.54, 1.807) is 0 Å². The molecule has 2 aromatic rings. The quantitative estimate of drug-likeness (QED) is 0.536. The van der Waals surface area contributed by atoms with E-state index in [9.17, 15) is 9.90 Å². The van der Waals surface area contributed by atoms with Gasteiger partial charge in [0.15, 0.2) is 0 Å². The molecule has 2 aromatic carbocycles. The van der Waals surface area contributed by atoms with Gasteiger partial charge in [-0.3, -0.25) is 4.79 Å². The number of hydrogen-bond acceptors (Lipinski definition) is 5. The number of aryl methyl sites for hydroxylation is 1. The molecule has 2 atom stereocenters. The molecule has 6 nitrogen and oxygen atoms in total. The molecule has 0 aromatic heterocycles. The van der Waals surface area contributed by atoms with E-state index in [-0.39, 0.29) is 24.2 Å². The average Bonchev–Trinajstić information content (AvgIpc) is 3.41. The highest BCUT2D eigenvalue weighted by atomic mass is 16.5. The van der Waals surface area contributed by atoms with Gasteiger partial charge in [0.25, 0.3) is 5.91 Å². The second-order valence-corrected chi connectivity index (χ2v) is 10.4. The Morgan fingerprint density at radius 1 is 0.971 bits per heavy atom. The third kappa shape index (κ3) is 6.63. The van der Waals surface area contributed by atoms with Crippen LogP contribution < -0.4 is 15.4 Å². The van der Waals surface area contributed by atoms with Crippen LogP contribution in [0.15, 0.2) is 42.5 Å².